The molecule has 5 rings (SSSR count). The minimum absolute atomic E-state index is 0.215. The number of aryl methyl sites for hydroxylation is 1. The van der Waals surface area contributed by atoms with Crippen LogP contribution in [0.5, 0.6) is 0 Å². The maximum Gasteiger partial charge on any atom is 0.282 e. The summed E-state index contributed by atoms with van der Waals surface area (Å²) in [7, 11) is 0. The van der Waals surface area contributed by atoms with Gasteiger partial charge in [-0.2, -0.15) is 9.61 Å². The van der Waals surface area contributed by atoms with Gasteiger partial charge in [0, 0.05) is 15.9 Å². The molecule has 0 fully saturated rings. The van der Waals surface area contributed by atoms with Gasteiger partial charge in [-0.15, -0.1) is 0 Å². The van der Waals surface area contributed by atoms with E-state index >= 15 is 0 Å². The van der Waals surface area contributed by atoms with Gasteiger partial charge in [0.1, 0.15) is 0 Å². The van der Waals surface area contributed by atoms with Crippen LogP contribution in [0.15, 0.2) is 64.3 Å². The number of nitrogens with zero attached hydrogens (tertiary/aromatic N) is 4. The van der Waals surface area contributed by atoms with Crippen LogP contribution in [-0.4, -0.2) is 24.4 Å². The Morgan fingerprint density at radius 1 is 1.03 bits per heavy atom. The van der Waals surface area contributed by atoms with Crippen LogP contribution in [0.4, 0.5) is 0 Å². The molecule has 1 N–H and O–H groups in total. The van der Waals surface area contributed by atoms with Crippen LogP contribution in [0.25, 0.3) is 28.3 Å². The van der Waals surface area contributed by atoms with Gasteiger partial charge in [-0.05, 0) is 49.4 Å². The average molecular weight is 404 g/mol. The summed E-state index contributed by atoms with van der Waals surface area (Å²) in [4.78, 5) is 30.2. The molecule has 0 aliphatic rings. The molecule has 0 radical (unpaired) electrons. The molecule has 8 heteroatoms. The average Bonchev–Trinajstić information content (AvgIpc) is 3.25. The highest BCUT2D eigenvalue weighted by Gasteiger charge is 2.13. The Kier molecular flexibility index (Phi) is 3.85. The summed E-state index contributed by atoms with van der Waals surface area (Å²) in [6.07, 6.45) is 3.24. The summed E-state index contributed by atoms with van der Waals surface area (Å²) in [6, 6.07) is 14.1. The molecule has 0 atom stereocenters. The predicted molar refractivity (Wildman–Crippen MR) is 112 cm³/mol. The van der Waals surface area contributed by atoms with Crippen molar-refractivity contribution in [3.05, 3.63) is 96.9 Å². The second-order valence-corrected chi connectivity index (χ2v) is 7.12. The van der Waals surface area contributed by atoms with Gasteiger partial charge in [0.25, 0.3) is 11.1 Å². The second-order valence-electron chi connectivity index (χ2n) is 6.68. The van der Waals surface area contributed by atoms with Crippen molar-refractivity contribution in [2.75, 3.05) is 0 Å². The Balaban J connectivity index is 1.74. The third-order valence-electron chi connectivity index (χ3n) is 4.83. The standard InChI is InChI=1S/C21H14ClN5O2/c1-12-17(21(29)26(25-12)15-8-6-14(22)7-9-15)10-13-11-23-27-19(13)24-18-5-3-2-4-16(18)20(27)28/h2-11,25H,1H3/b13-10+. The minimum atomic E-state index is -0.241. The van der Waals surface area contributed by atoms with Gasteiger partial charge in [0.05, 0.1) is 28.4 Å². The molecule has 142 valence electrons. The zero-order chi connectivity index (χ0) is 20.1. The van der Waals surface area contributed by atoms with Crippen LogP contribution >= 0.6 is 11.6 Å². The third kappa shape index (κ3) is 2.75. The molecule has 7 nitrogen and oxygen atoms in total. The topological polar surface area (TPSA) is 85.0 Å². The highest BCUT2D eigenvalue weighted by molar-refractivity contribution is 6.30. The Bertz CT molecular complexity index is 1560. The van der Waals surface area contributed by atoms with E-state index in [9.17, 15) is 9.59 Å². The lowest BCUT2D eigenvalue weighted by molar-refractivity contribution is 0.835. The fourth-order valence-corrected chi connectivity index (χ4v) is 3.48. The number of hydrogen-bond acceptors (Lipinski definition) is 4. The maximum atomic E-state index is 13.0. The number of aromatic nitrogens is 5. The lowest BCUT2D eigenvalue weighted by Gasteiger charge is -2.00. The molecular formula is C21H14ClN5O2. The largest absolute Gasteiger partial charge is 0.295 e. The Morgan fingerprint density at radius 3 is 2.59 bits per heavy atom. The molecule has 0 amide bonds. The number of para-hydroxylation sites is 1. The molecule has 0 spiro atoms. The summed E-state index contributed by atoms with van der Waals surface area (Å²) >= 11 is 5.93. The number of aromatic amines is 1. The fraction of sp³-hybridized carbons (Fsp3) is 0.0476. The van der Waals surface area contributed by atoms with E-state index in [4.69, 9.17) is 11.6 Å². The zero-order valence-corrected chi connectivity index (χ0v) is 16.0. The first-order valence-electron chi connectivity index (χ1n) is 8.89. The van der Waals surface area contributed by atoms with Crippen molar-refractivity contribution in [1.82, 2.24) is 24.4 Å². The molecular weight excluding hydrogens is 390 g/mol. The van der Waals surface area contributed by atoms with Crippen molar-refractivity contribution in [1.29, 1.82) is 0 Å². The summed E-state index contributed by atoms with van der Waals surface area (Å²) in [5.41, 5.74) is 2.37. The van der Waals surface area contributed by atoms with E-state index < -0.39 is 0 Å². The van der Waals surface area contributed by atoms with Crippen LogP contribution in [-0.2, 0) is 0 Å². The van der Waals surface area contributed by atoms with E-state index in [2.05, 4.69) is 15.2 Å². The molecule has 5 aromatic rings. The molecule has 0 bridgehead atoms. The van der Waals surface area contributed by atoms with Crippen molar-refractivity contribution >= 4 is 34.2 Å². The number of halogens is 1. The van der Waals surface area contributed by atoms with Crippen molar-refractivity contribution in [2.45, 2.75) is 6.92 Å². The lowest BCUT2D eigenvalue weighted by Crippen LogP contribution is -2.18. The minimum Gasteiger partial charge on any atom is -0.295 e. The van der Waals surface area contributed by atoms with Gasteiger partial charge in [0.15, 0.2) is 5.65 Å². The molecule has 0 saturated carbocycles. The number of hydrogen-bond donors (Lipinski definition) is 1. The normalized spacial score (nSPS) is 12.3. The first kappa shape index (κ1) is 17.4. The van der Waals surface area contributed by atoms with Crippen molar-refractivity contribution in [3.63, 3.8) is 0 Å². The SMILES string of the molecule is Cc1[nH]n(-c2ccc(Cl)cc2)c(=O)c1/C=c1\cnn2c(=O)c3ccccc3nc12. The first-order chi connectivity index (χ1) is 14.0. The number of benzene rings is 2. The third-order valence-corrected chi connectivity index (χ3v) is 5.08. The summed E-state index contributed by atoms with van der Waals surface area (Å²) < 4.78 is 2.71. The van der Waals surface area contributed by atoms with Gasteiger partial charge in [-0.3, -0.25) is 14.7 Å². The van der Waals surface area contributed by atoms with E-state index in [-0.39, 0.29) is 11.1 Å². The molecule has 0 aliphatic carbocycles. The number of H-pyrrole nitrogens is 1. The van der Waals surface area contributed by atoms with E-state index in [1.165, 1.54) is 9.20 Å². The second kappa shape index (κ2) is 6.42. The van der Waals surface area contributed by atoms with Gasteiger partial charge >= 0.3 is 0 Å². The lowest BCUT2D eigenvalue weighted by atomic mass is 10.2. The molecule has 0 aliphatic heterocycles. The van der Waals surface area contributed by atoms with Crippen molar-refractivity contribution < 1.29 is 0 Å². The molecule has 29 heavy (non-hydrogen) atoms. The van der Waals surface area contributed by atoms with Crippen LogP contribution in [0.2, 0.25) is 5.02 Å². The zero-order valence-electron chi connectivity index (χ0n) is 15.3. The smallest absolute Gasteiger partial charge is 0.282 e. The predicted octanol–water partition coefficient (Wildman–Crippen LogP) is 2.23. The molecule has 3 heterocycles. The van der Waals surface area contributed by atoms with Crippen LogP contribution in [0, 0.1) is 6.92 Å². The Labute approximate surface area is 168 Å². The summed E-state index contributed by atoms with van der Waals surface area (Å²) in [6.45, 7) is 1.81. The Morgan fingerprint density at radius 2 is 1.79 bits per heavy atom. The molecule has 3 aromatic heterocycles. The van der Waals surface area contributed by atoms with Gasteiger partial charge in [-0.1, -0.05) is 23.7 Å². The van der Waals surface area contributed by atoms with Crippen LogP contribution < -0.4 is 16.3 Å². The molecule has 2 aromatic carbocycles. The van der Waals surface area contributed by atoms with E-state index in [0.717, 1.165) is 0 Å². The Hall–Kier alpha value is -3.71. The summed E-state index contributed by atoms with van der Waals surface area (Å²) in [5.74, 6) is 0. The van der Waals surface area contributed by atoms with Crippen molar-refractivity contribution in [3.8, 4) is 5.69 Å². The number of fused-ring (bicyclic) bond motifs is 2. The van der Waals surface area contributed by atoms with E-state index in [1.54, 1.807) is 54.7 Å². The van der Waals surface area contributed by atoms with Crippen LogP contribution in [0.3, 0.4) is 0 Å². The highest BCUT2D eigenvalue weighted by Crippen LogP contribution is 2.13. The maximum absolute atomic E-state index is 13.0. The van der Waals surface area contributed by atoms with Crippen molar-refractivity contribution in [2.24, 2.45) is 0 Å². The highest BCUT2D eigenvalue weighted by atomic mass is 35.5. The fourth-order valence-electron chi connectivity index (χ4n) is 3.35. The summed E-state index contributed by atoms with van der Waals surface area (Å²) in [5, 5.41) is 8.93. The number of nitrogens with one attached hydrogen (secondary N) is 1. The van der Waals surface area contributed by atoms with Gasteiger partial charge in [-0.25, -0.2) is 9.67 Å². The monoisotopic (exact) mass is 403 g/mol. The quantitative estimate of drug-likeness (QED) is 0.490. The number of rotatable bonds is 2. The first-order valence-corrected chi connectivity index (χ1v) is 9.26. The molecule has 0 unspecified atom stereocenters. The van der Waals surface area contributed by atoms with E-state index in [1.807, 2.05) is 13.0 Å². The van der Waals surface area contributed by atoms with Crippen LogP contribution in [0.1, 0.15) is 11.3 Å². The van der Waals surface area contributed by atoms with Gasteiger partial charge in [0.2, 0.25) is 0 Å². The molecule has 0 saturated heterocycles. The van der Waals surface area contributed by atoms with Gasteiger partial charge < -0.3 is 0 Å². The van der Waals surface area contributed by atoms with E-state index in [0.29, 0.717) is 43.7 Å².